The van der Waals surface area contributed by atoms with Crippen LogP contribution in [0.1, 0.15) is 41.7 Å². The maximum Gasteiger partial charge on any atom is 0.241 e. The molecule has 3 aromatic rings. The average molecular weight is 414 g/mol. The van der Waals surface area contributed by atoms with Gasteiger partial charge in [-0.05, 0) is 80.0 Å². The summed E-state index contributed by atoms with van der Waals surface area (Å²) in [7, 11) is -3.57. The normalized spacial score (nSPS) is 12.2. The summed E-state index contributed by atoms with van der Waals surface area (Å²) in [5.74, 6) is 0.509. The average Bonchev–Trinajstić information content (AvgIpc) is 2.97. The van der Waals surface area contributed by atoms with Gasteiger partial charge in [-0.1, -0.05) is 19.9 Å². The summed E-state index contributed by atoms with van der Waals surface area (Å²) < 4.78 is 31.1. The number of aryl methyl sites for hydroxylation is 2. The predicted molar refractivity (Wildman–Crippen MR) is 119 cm³/mol. The molecule has 0 atom stereocenters. The number of benzene rings is 1. The number of sulfonamides is 1. The summed E-state index contributed by atoms with van der Waals surface area (Å²) in [6.07, 6.45) is 4.53. The molecule has 0 saturated carbocycles. The molecule has 29 heavy (non-hydrogen) atoms. The van der Waals surface area contributed by atoms with Crippen molar-refractivity contribution >= 4 is 21.1 Å². The van der Waals surface area contributed by atoms with Gasteiger partial charge >= 0.3 is 0 Å². The molecule has 0 aliphatic heterocycles. The van der Waals surface area contributed by atoms with Crippen LogP contribution in [-0.2, 0) is 23.0 Å². The maximum absolute atomic E-state index is 13.1. The van der Waals surface area contributed by atoms with E-state index in [0.29, 0.717) is 23.8 Å². The minimum atomic E-state index is -3.57. The molecule has 0 unspecified atom stereocenters. The number of pyridine rings is 1. The monoisotopic (exact) mass is 413 g/mol. The molecule has 2 heterocycles. The zero-order valence-electron chi connectivity index (χ0n) is 18.2. The van der Waals surface area contributed by atoms with Crippen LogP contribution in [0.2, 0.25) is 0 Å². The molecule has 6 heteroatoms. The lowest BCUT2D eigenvalue weighted by Crippen LogP contribution is -2.27. The second kappa shape index (κ2) is 8.28. The van der Waals surface area contributed by atoms with Crippen LogP contribution in [0.25, 0.3) is 11.0 Å². The Morgan fingerprint density at radius 1 is 1.10 bits per heavy atom. The first-order valence-corrected chi connectivity index (χ1v) is 11.6. The van der Waals surface area contributed by atoms with E-state index in [2.05, 4.69) is 40.4 Å². The molecule has 0 bridgehead atoms. The lowest BCUT2D eigenvalue weighted by molar-refractivity contribution is 0.532. The van der Waals surface area contributed by atoms with Gasteiger partial charge in [0.1, 0.15) is 5.65 Å². The molecule has 1 aromatic carbocycles. The summed E-state index contributed by atoms with van der Waals surface area (Å²) in [6.45, 7) is 13.3. The van der Waals surface area contributed by atoms with Gasteiger partial charge in [-0.3, -0.25) is 0 Å². The van der Waals surface area contributed by atoms with E-state index in [0.717, 1.165) is 45.4 Å². The number of hydrogen-bond acceptors (Lipinski definition) is 3. The molecular weight excluding hydrogens is 382 g/mol. The molecule has 156 valence electrons. The standard InChI is InChI=1S/C23H31N3O2S/c1-15(2)13-26-14-20(21-8-7-10-24-23(21)26)9-11-25-29(27,28)22-18(5)16(3)12-17(4)19(22)6/h7-8,10,12,14-15,25H,9,11,13H2,1-6H3. The van der Waals surface area contributed by atoms with Crippen molar-refractivity contribution in [2.75, 3.05) is 6.54 Å². The zero-order valence-corrected chi connectivity index (χ0v) is 19.0. The molecule has 0 saturated heterocycles. The first kappa shape index (κ1) is 21.5. The van der Waals surface area contributed by atoms with Crippen LogP contribution in [0.5, 0.6) is 0 Å². The highest BCUT2D eigenvalue weighted by Crippen LogP contribution is 2.26. The van der Waals surface area contributed by atoms with E-state index in [1.165, 1.54) is 0 Å². The third-order valence-electron chi connectivity index (χ3n) is 5.53. The van der Waals surface area contributed by atoms with Crippen LogP contribution in [-0.4, -0.2) is 24.5 Å². The van der Waals surface area contributed by atoms with Crippen LogP contribution < -0.4 is 4.72 Å². The van der Waals surface area contributed by atoms with E-state index >= 15 is 0 Å². The Morgan fingerprint density at radius 2 is 1.76 bits per heavy atom. The van der Waals surface area contributed by atoms with Crippen LogP contribution >= 0.6 is 0 Å². The highest BCUT2D eigenvalue weighted by Gasteiger charge is 2.22. The third-order valence-corrected chi connectivity index (χ3v) is 7.26. The molecule has 0 fully saturated rings. The van der Waals surface area contributed by atoms with Gasteiger partial charge in [0.2, 0.25) is 10.0 Å². The Kier molecular flexibility index (Phi) is 6.15. The first-order valence-electron chi connectivity index (χ1n) is 10.1. The molecule has 3 rings (SSSR count). The van der Waals surface area contributed by atoms with E-state index < -0.39 is 10.0 Å². The number of fused-ring (bicyclic) bond motifs is 1. The summed E-state index contributed by atoms with van der Waals surface area (Å²) in [5.41, 5.74) is 5.70. The van der Waals surface area contributed by atoms with Crippen molar-refractivity contribution in [2.45, 2.75) is 59.4 Å². The van der Waals surface area contributed by atoms with E-state index in [1.807, 2.05) is 39.8 Å². The molecule has 0 amide bonds. The van der Waals surface area contributed by atoms with Gasteiger partial charge < -0.3 is 4.57 Å². The van der Waals surface area contributed by atoms with Crippen LogP contribution in [0.3, 0.4) is 0 Å². The number of hydrogen-bond donors (Lipinski definition) is 1. The quantitative estimate of drug-likeness (QED) is 0.622. The van der Waals surface area contributed by atoms with Crippen LogP contribution in [0, 0.1) is 33.6 Å². The van der Waals surface area contributed by atoms with Crippen molar-refractivity contribution in [3.63, 3.8) is 0 Å². The Morgan fingerprint density at radius 3 is 2.38 bits per heavy atom. The molecule has 0 aliphatic carbocycles. The lowest BCUT2D eigenvalue weighted by Gasteiger charge is -2.16. The number of rotatable bonds is 7. The van der Waals surface area contributed by atoms with Crippen molar-refractivity contribution in [3.05, 3.63) is 58.4 Å². The van der Waals surface area contributed by atoms with Crippen molar-refractivity contribution in [3.8, 4) is 0 Å². The Hall–Kier alpha value is -2.18. The summed E-state index contributed by atoms with van der Waals surface area (Å²) in [6, 6.07) is 6.03. The fourth-order valence-corrected chi connectivity index (χ4v) is 5.55. The van der Waals surface area contributed by atoms with Gasteiger partial charge in [0.05, 0.1) is 4.90 Å². The van der Waals surface area contributed by atoms with Crippen LogP contribution in [0.4, 0.5) is 0 Å². The SMILES string of the molecule is Cc1cc(C)c(C)c(S(=O)(=O)NCCc2cn(CC(C)C)c3ncccc23)c1C. The maximum atomic E-state index is 13.1. The second-order valence-corrected chi connectivity index (χ2v) is 10.0. The minimum absolute atomic E-state index is 0.351. The zero-order chi connectivity index (χ0) is 21.3. The fourth-order valence-electron chi connectivity index (χ4n) is 3.90. The number of nitrogens with one attached hydrogen (secondary N) is 1. The molecule has 0 radical (unpaired) electrons. The molecule has 5 nitrogen and oxygen atoms in total. The van der Waals surface area contributed by atoms with E-state index in [-0.39, 0.29) is 0 Å². The van der Waals surface area contributed by atoms with E-state index in [9.17, 15) is 8.42 Å². The molecule has 0 aliphatic rings. The third kappa shape index (κ3) is 4.38. The lowest BCUT2D eigenvalue weighted by atomic mass is 10.0. The van der Waals surface area contributed by atoms with Gasteiger partial charge in [0.15, 0.2) is 0 Å². The van der Waals surface area contributed by atoms with E-state index in [1.54, 1.807) is 6.20 Å². The van der Waals surface area contributed by atoms with Gasteiger partial charge in [0.25, 0.3) is 0 Å². The second-order valence-electron chi connectivity index (χ2n) is 8.31. The van der Waals surface area contributed by atoms with Gasteiger partial charge in [-0.2, -0.15) is 0 Å². The van der Waals surface area contributed by atoms with Gasteiger partial charge in [0, 0.05) is 30.9 Å². The van der Waals surface area contributed by atoms with Crippen molar-refractivity contribution in [1.29, 1.82) is 0 Å². The highest BCUT2D eigenvalue weighted by molar-refractivity contribution is 7.89. The Labute approximate surface area is 174 Å². The van der Waals surface area contributed by atoms with Gasteiger partial charge in [-0.25, -0.2) is 18.1 Å². The minimum Gasteiger partial charge on any atom is -0.332 e. The summed E-state index contributed by atoms with van der Waals surface area (Å²) >= 11 is 0. The predicted octanol–water partition coefficient (Wildman–Crippen LogP) is 4.45. The highest BCUT2D eigenvalue weighted by atomic mass is 32.2. The number of nitrogens with zero attached hydrogens (tertiary/aromatic N) is 2. The summed E-state index contributed by atoms with van der Waals surface area (Å²) in [4.78, 5) is 4.94. The van der Waals surface area contributed by atoms with E-state index in [4.69, 9.17) is 0 Å². The smallest absolute Gasteiger partial charge is 0.241 e. The first-order chi connectivity index (χ1) is 13.6. The Bertz CT molecular complexity index is 1120. The molecular formula is C23H31N3O2S. The topological polar surface area (TPSA) is 64.0 Å². The largest absolute Gasteiger partial charge is 0.332 e. The van der Waals surface area contributed by atoms with Crippen molar-refractivity contribution in [2.24, 2.45) is 5.92 Å². The summed E-state index contributed by atoms with van der Waals surface area (Å²) in [5, 5.41) is 1.09. The van der Waals surface area contributed by atoms with Crippen molar-refractivity contribution < 1.29 is 8.42 Å². The molecule has 1 N–H and O–H groups in total. The molecule has 0 spiro atoms. The van der Waals surface area contributed by atoms with Gasteiger partial charge in [-0.15, -0.1) is 0 Å². The van der Waals surface area contributed by atoms with Crippen LogP contribution in [0.15, 0.2) is 35.5 Å². The molecule has 2 aromatic heterocycles. The Balaban J connectivity index is 1.84. The number of aromatic nitrogens is 2. The van der Waals surface area contributed by atoms with Crippen molar-refractivity contribution in [1.82, 2.24) is 14.3 Å². The fraction of sp³-hybridized carbons (Fsp3) is 0.435.